The van der Waals surface area contributed by atoms with Crippen molar-refractivity contribution in [3.05, 3.63) is 54.2 Å². The maximum absolute atomic E-state index is 12.2. The SMILES string of the molecule is Cc1ccc(C(=O)c2cc(Cl)ccc2I)s1. The van der Waals surface area contributed by atoms with Crippen LogP contribution >= 0.6 is 45.5 Å². The Bertz CT molecular complexity index is 548. The number of ketones is 1. The highest BCUT2D eigenvalue weighted by Crippen LogP contribution is 2.24. The number of aryl methyl sites for hydroxylation is 1. The van der Waals surface area contributed by atoms with Crippen molar-refractivity contribution in [1.29, 1.82) is 0 Å². The molecule has 0 aliphatic heterocycles. The molecule has 1 aromatic heterocycles. The van der Waals surface area contributed by atoms with Gasteiger partial charge in [0.05, 0.1) is 4.88 Å². The van der Waals surface area contributed by atoms with Crippen LogP contribution in [0.5, 0.6) is 0 Å². The third-order valence-corrected chi connectivity index (χ3v) is 4.31. The second kappa shape index (κ2) is 4.85. The largest absolute Gasteiger partial charge is 0.288 e. The Morgan fingerprint density at radius 3 is 2.69 bits per heavy atom. The van der Waals surface area contributed by atoms with Gasteiger partial charge in [-0.2, -0.15) is 0 Å². The van der Waals surface area contributed by atoms with Crippen LogP contribution in [-0.4, -0.2) is 5.78 Å². The van der Waals surface area contributed by atoms with Crippen LogP contribution in [0.2, 0.25) is 5.02 Å². The molecule has 0 spiro atoms. The van der Waals surface area contributed by atoms with Gasteiger partial charge in [0.2, 0.25) is 5.78 Å². The predicted octanol–water partition coefficient (Wildman–Crippen LogP) is 4.55. The van der Waals surface area contributed by atoms with Crippen molar-refractivity contribution in [2.45, 2.75) is 6.92 Å². The Morgan fingerprint density at radius 2 is 2.06 bits per heavy atom. The minimum absolute atomic E-state index is 0.0463. The minimum Gasteiger partial charge on any atom is -0.288 e. The number of halogens is 2. The van der Waals surface area contributed by atoms with Gasteiger partial charge in [0.15, 0.2) is 0 Å². The summed E-state index contributed by atoms with van der Waals surface area (Å²) in [5.74, 6) is 0.0463. The van der Waals surface area contributed by atoms with E-state index in [0.29, 0.717) is 10.6 Å². The van der Waals surface area contributed by atoms with Gasteiger partial charge in [0.1, 0.15) is 0 Å². The van der Waals surface area contributed by atoms with E-state index in [1.807, 2.05) is 25.1 Å². The molecule has 0 radical (unpaired) electrons. The molecule has 16 heavy (non-hydrogen) atoms. The van der Waals surface area contributed by atoms with Crippen molar-refractivity contribution in [1.82, 2.24) is 0 Å². The predicted molar refractivity (Wildman–Crippen MR) is 76.7 cm³/mol. The van der Waals surface area contributed by atoms with E-state index >= 15 is 0 Å². The molecule has 0 unspecified atom stereocenters. The van der Waals surface area contributed by atoms with Crippen LogP contribution < -0.4 is 0 Å². The summed E-state index contributed by atoms with van der Waals surface area (Å²) < 4.78 is 0.929. The number of hydrogen-bond acceptors (Lipinski definition) is 2. The average Bonchev–Trinajstić information content (AvgIpc) is 2.67. The fourth-order valence-corrected chi connectivity index (χ4v) is 2.94. The maximum Gasteiger partial charge on any atom is 0.204 e. The van der Waals surface area contributed by atoms with Crippen LogP contribution in [0.15, 0.2) is 30.3 Å². The normalized spacial score (nSPS) is 10.4. The highest BCUT2D eigenvalue weighted by Gasteiger charge is 2.14. The van der Waals surface area contributed by atoms with Gasteiger partial charge in [0.25, 0.3) is 0 Å². The van der Waals surface area contributed by atoms with Crippen molar-refractivity contribution in [3.8, 4) is 0 Å². The van der Waals surface area contributed by atoms with E-state index in [1.165, 1.54) is 11.3 Å². The standard InChI is InChI=1S/C12H8ClIOS/c1-7-2-5-11(16-7)12(15)9-6-8(13)3-4-10(9)14/h2-6H,1H3. The summed E-state index contributed by atoms with van der Waals surface area (Å²) in [6, 6.07) is 9.19. The first kappa shape index (κ1) is 12.1. The number of carbonyl (C=O) groups excluding carboxylic acids is 1. The summed E-state index contributed by atoms with van der Waals surface area (Å²) in [6.07, 6.45) is 0. The molecule has 0 bridgehead atoms. The van der Waals surface area contributed by atoms with E-state index in [0.717, 1.165) is 13.3 Å². The van der Waals surface area contributed by atoms with Gasteiger partial charge < -0.3 is 0 Å². The highest BCUT2D eigenvalue weighted by molar-refractivity contribution is 14.1. The fourth-order valence-electron chi connectivity index (χ4n) is 1.36. The molecule has 0 fully saturated rings. The topological polar surface area (TPSA) is 17.1 Å². The molecule has 1 nitrogen and oxygen atoms in total. The second-order valence-corrected chi connectivity index (χ2v) is 6.25. The molecule has 1 aromatic carbocycles. The molecule has 0 amide bonds. The van der Waals surface area contributed by atoms with Crippen LogP contribution in [0, 0.1) is 10.5 Å². The van der Waals surface area contributed by atoms with E-state index in [4.69, 9.17) is 11.6 Å². The quantitative estimate of drug-likeness (QED) is 0.566. The lowest BCUT2D eigenvalue weighted by molar-refractivity contribution is 0.104. The smallest absolute Gasteiger partial charge is 0.204 e. The van der Waals surface area contributed by atoms with Crippen molar-refractivity contribution < 1.29 is 4.79 Å². The van der Waals surface area contributed by atoms with Crippen LogP contribution in [0.4, 0.5) is 0 Å². The van der Waals surface area contributed by atoms with Gasteiger partial charge in [-0.15, -0.1) is 11.3 Å². The van der Waals surface area contributed by atoms with Crippen molar-refractivity contribution >= 4 is 51.3 Å². The van der Waals surface area contributed by atoms with Gasteiger partial charge in [-0.3, -0.25) is 4.79 Å². The molecular weight excluding hydrogens is 355 g/mol. The molecule has 2 aromatic rings. The summed E-state index contributed by atoms with van der Waals surface area (Å²) >= 11 is 9.56. The first-order valence-corrected chi connectivity index (χ1v) is 6.91. The van der Waals surface area contributed by atoms with Crippen molar-refractivity contribution in [3.63, 3.8) is 0 Å². The summed E-state index contributed by atoms with van der Waals surface area (Å²) in [5.41, 5.74) is 0.676. The zero-order valence-corrected chi connectivity index (χ0v) is 12.2. The summed E-state index contributed by atoms with van der Waals surface area (Å²) in [6.45, 7) is 1.99. The van der Waals surface area contributed by atoms with E-state index in [2.05, 4.69) is 22.6 Å². The molecule has 4 heteroatoms. The molecule has 0 aliphatic carbocycles. The number of rotatable bonds is 2. The van der Waals surface area contributed by atoms with Gasteiger partial charge in [-0.25, -0.2) is 0 Å². The van der Waals surface area contributed by atoms with Crippen LogP contribution in [0.25, 0.3) is 0 Å². The zero-order valence-electron chi connectivity index (χ0n) is 8.46. The van der Waals surface area contributed by atoms with Crippen LogP contribution in [0.3, 0.4) is 0 Å². The lowest BCUT2D eigenvalue weighted by Crippen LogP contribution is -2.01. The Balaban J connectivity index is 2.45. The lowest BCUT2D eigenvalue weighted by Gasteiger charge is -2.02. The Hall–Kier alpha value is -0.390. The van der Waals surface area contributed by atoms with Crippen LogP contribution in [-0.2, 0) is 0 Å². The van der Waals surface area contributed by atoms with E-state index < -0.39 is 0 Å². The Labute approximate surface area is 117 Å². The molecular formula is C12H8ClIOS. The monoisotopic (exact) mass is 362 g/mol. The first-order chi connectivity index (χ1) is 7.58. The first-order valence-electron chi connectivity index (χ1n) is 4.64. The molecule has 0 saturated carbocycles. The minimum atomic E-state index is 0.0463. The molecule has 0 aliphatic rings. The zero-order chi connectivity index (χ0) is 11.7. The van der Waals surface area contributed by atoms with Crippen molar-refractivity contribution in [2.24, 2.45) is 0 Å². The van der Waals surface area contributed by atoms with Gasteiger partial charge >= 0.3 is 0 Å². The fraction of sp³-hybridized carbons (Fsp3) is 0.0833. The average molecular weight is 363 g/mol. The third-order valence-electron chi connectivity index (χ3n) is 2.14. The lowest BCUT2D eigenvalue weighted by atomic mass is 10.1. The molecule has 82 valence electrons. The van der Waals surface area contributed by atoms with Gasteiger partial charge in [-0.1, -0.05) is 11.6 Å². The van der Waals surface area contributed by atoms with Gasteiger partial charge in [-0.05, 0) is 59.8 Å². The Morgan fingerprint density at radius 1 is 1.31 bits per heavy atom. The maximum atomic E-state index is 12.2. The molecule has 0 atom stereocenters. The van der Waals surface area contributed by atoms with Crippen LogP contribution in [0.1, 0.15) is 20.1 Å². The summed E-state index contributed by atoms with van der Waals surface area (Å²) in [7, 11) is 0. The summed E-state index contributed by atoms with van der Waals surface area (Å²) in [5, 5.41) is 0.594. The number of hydrogen-bond donors (Lipinski definition) is 0. The summed E-state index contributed by atoms with van der Waals surface area (Å²) in [4.78, 5) is 14.1. The number of thiophene rings is 1. The Kier molecular flexibility index (Phi) is 3.66. The molecule has 0 N–H and O–H groups in total. The number of benzene rings is 1. The van der Waals surface area contributed by atoms with Crippen molar-refractivity contribution in [2.75, 3.05) is 0 Å². The van der Waals surface area contributed by atoms with E-state index in [1.54, 1.807) is 12.1 Å². The van der Waals surface area contributed by atoms with E-state index in [-0.39, 0.29) is 5.78 Å². The molecule has 1 heterocycles. The van der Waals surface area contributed by atoms with E-state index in [9.17, 15) is 4.79 Å². The third kappa shape index (κ3) is 2.47. The number of carbonyl (C=O) groups is 1. The second-order valence-electron chi connectivity index (χ2n) is 3.36. The molecule has 0 saturated heterocycles. The molecule has 2 rings (SSSR count). The highest BCUT2D eigenvalue weighted by atomic mass is 127. The van der Waals surface area contributed by atoms with Gasteiger partial charge in [0, 0.05) is 19.0 Å².